The number of hydrogen-bond acceptors (Lipinski definition) is 6. The fourth-order valence-corrected chi connectivity index (χ4v) is 7.00. The normalized spacial score (nSPS) is 23.9. The van der Waals surface area contributed by atoms with E-state index in [0.717, 1.165) is 53.4 Å². The molecule has 1 saturated heterocycles. The van der Waals surface area contributed by atoms with Crippen molar-refractivity contribution < 1.29 is 19.0 Å². The van der Waals surface area contributed by atoms with Crippen molar-refractivity contribution in [1.82, 2.24) is 15.0 Å². The van der Waals surface area contributed by atoms with Crippen LogP contribution in [0, 0.1) is 17.7 Å². The molecule has 1 saturated carbocycles. The monoisotopic (exact) mass is 511 g/mol. The Hall–Kier alpha value is -3.26. The molecule has 2 aliphatic carbocycles. The van der Waals surface area contributed by atoms with Crippen molar-refractivity contribution in [2.75, 3.05) is 13.2 Å². The number of nitrogens with zero attached hydrogens (tertiary/aromatic N) is 3. The molecule has 3 aliphatic rings. The van der Waals surface area contributed by atoms with Crippen LogP contribution in [0.1, 0.15) is 49.1 Å². The van der Waals surface area contributed by atoms with Crippen LogP contribution in [0.15, 0.2) is 54.6 Å². The van der Waals surface area contributed by atoms with Crippen molar-refractivity contribution in [2.45, 2.75) is 50.9 Å². The molecule has 1 aliphatic heterocycles. The van der Waals surface area contributed by atoms with Crippen LogP contribution >= 0.6 is 0 Å². The molecular formula is C31H30FN3O3. The molecule has 1 N–H and O–H groups in total. The summed E-state index contributed by atoms with van der Waals surface area (Å²) in [7, 11) is 0. The Bertz CT molecular complexity index is 1530. The molecule has 2 fully saturated rings. The molecule has 0 bridgehead atoms. The molecule has 6 nitrogen and oxygen atoms in total. The number of pyridine rings is 1. The Labute approximate surface area is 220 Å². The minimum Gasteiger partial charge on any atom is -0.390 e. The number of ether oxygens (including phenoxy) is 2. The van der Waals surface area contributed by atoms with Crippen molar-refractivity contribution in [2.24, 2.45) is 11.8 Å². The van der Waals surface area contributed by atoms with Crippen LogP contribution < -0.4 is 0 Å². The van der Waals surface area contributed by atoms with Gasteiger partial charge in [0.2, 0.25) is 0 Å². The van der Waals surface area contributed by atoms with Crippen molar-refractivity contribution in [3.05, 3.63) is 77.4 Å². The molecule has 1 spiro atoms. The zero-order valence-electron chi connectivity index (χ0n) is 21.4. The summed E-state index contributed by atoms with van der Waals surface area (Å²) in [4.78, 5) is 14.8. The van der Waals surface area contributed by atoms with Gasteiger partial charge in [-0.15, -0.1) is 0 Å². The number of hydrogen-bond donors (Lipinski definition) is 1. The van der Waals surface area contributed by atoms with Crippen LogP contribution in [-0.4, -0.2) is 39.1 Å². The van der Waals surface area contributed by atoms with E-state index in [2.05, 4.69) is 11.9 Å². The number of aromatic nitrogens is 3. The largest absolute Gasteiger partial charge is 0.390 e. The second-order valence-electron chi connectivity index (χ2n) is 10.7. The molecular weight excluding hydrogens is 481 g/mol. The van der Waals surface area contributed by atoms with Gasteiger partial charge >= 0.3 is 0 Å². The van der Waals surface area contributed by atoms with Gasteiger partial charge in [-0.25, -0.2) is 14.4 Å². The zero-order chi connectivity index (χ0) is 25.9. The predicted octanol–water partition coefficient (Wildman–Crippen LogP) is 5.81. The first kappa shape index (κ1) is 23.8. The molecule has 3 atom stereocenters. The number of rotatable bonds is 3. The number of halogens is 1. The molecule has 4 aromatic rings. The third kappa shape index (κ3) is 3.67. The minimum atomic E-state index is -0.500. The molecule has 194 valence electrons. The third-order valence-corrected chi connectivity index (χ3v) is 8.85. The van der Waals surface area contributed by atoms with Crippen molar-refractivity contribution in [1.29, 1.82) is 0 Å². The van der Waals surface area contributed by atoms with Crippen LogP contribution in [0.2, 0.25) is 0 Å². The minimum absolute atomic E-state index is 0.187. The van der Waals surface area contributed by atoms with Gasteiger partial charge in [0.05, 0.1) is 42.4 Å². The van der Waals surface area contributed by atoms with E-state index in [1.807, 2.05) is 36.4 Å². The van der Waals surface area contributed by atoms with Crippen LogP contribution in [0.5, 0.6) is 0 Å². The average Bonchev–Trinajstić information content (AvgIpc) is 3.43. The smallest absolute Gasteiger partial charge is 0.171 e. The maximum Gasteiger partial charge on any atom is 0.171 e. The lowest BCUT2D eigenvalue weighted by Gasteiger charge is -2.48. The van der Waals surface area contributed by atoms with Crippen molar-refractivity contribution in [3.63, 3.8) is 0 Å². The van der Waals surface area contributed by atoms with Gasteiger partial charge in [0.15, 0.2) is 11.6 Å². The van der Waals surface area contributed by atoms with Crippen LogP contribution in [0.4, 0.5) is 4.39 Å². The molecule has 7 rings (SSSR count). The number of aliphatic hydroxyl groups is 1. The lowest BCUT2D eigenvalue weighted by atomic mass is 9.63. The summed E-state index contributed by atoms with van der Waals surface area (Å²) in [6.07, 6.45) is 3.45. The average molecular weight is 512 g/mol. The SMILES string of the molecule is CC1C2CCc3c(-c4ccccc4F)nc(-c4cc(CO)nc5ccccc45)nc3C2CCC12OCCO2. The lowest BCUT2D eigenvalue weighted by Crippen LogP contribution is -2.48. The summed E-state index contributed by atoms with van der Waals surface area (Å²) in [5.41, 5.74) is 5.32. The number of aliphatic hydroxyl groups excluding tert-OH is 1. The van der Waals surface area contributed by atoms with Gasteiger partial charge in [0, 0.05) is 40.3 Å². The van der Waals surface area contributed by atoms with E-state index >= 15 is 4.39 Å². The summed E-state index contributed by atoms with van der Waals surface area (Å²) in [5.74, 6) is 0.547. The van der Waals surface area contributed by atoms with Gasteiger partial charge in [-0.2, -0.15) is 0 Å². The van der Waals surface area contributed by atoms with E-state index in [9.17, 15) is 5.11 Å². The first-order valence-corrected chi connectivity index (χ1v) is 13.5. The number of fused-ring (bicyclic) bond motifs is 4. The molecule has 7 heteroatoms. The van der Waals surface area contributed by atoms with E-state index in [1.54, 1.807) is 12.1 Å². The number of benzene rings is 2. The molecule has 3 unspecified atom stereocenters. The molecule has 2 aromatic heterocycles. The number of para-hydroxylation sites is 1. The van der Waals surface area contributed by atoms with Crippen molar-refractivity contribution >= 4 is 10.9 Å². The Kier molecular flexibility index (Phi) is 5.76. The lowest BCUT2D eigenvalue weighted by molar-refractivity contribution is -0.226. The molecule has 0 radical (unpaired) electrons. The van der Waals surface area contributed by atoms with Gasteiger partial charge in [0.25, 0.3) is 0 Å². The van der Waals surface area contributed by atoms with Crippen molar-refractivity contribution in [3.8, 4) is 22.6 Å². The third-order valence-electron chi connectivity index (χ3n) is 8.85. The van der Waals surface area contributed by atoms with Gasteiger partial charge in [0.1, 0.15) is 5.82 Å². The Balaban J connectivity index is 1.44. The summed E-state index contributed by atoms with van der Waals surface area (Å²) in [6, 6.07) is 16.5. The fourth-order valence-electron chi connectivity index (χ4n) is 7.00. The Morgan fingerprint density at radius 2 is 1.76 bits per heavy atom. The van der Waals surface area contributed by atoms with Crippen LogP contribution in [0.25, 0.3) is 33.5 Å². The topological polar surface area (TPSA) is 77.4 Å². The van der Waals surface area contributed by atoms with Gasteiger partial charge in [-0.3, -0.25) is 4.98 Å². The maximum absolute atomic E-state index is 15.2. The van der Waals surface area contributed by atoms with Gasteiger partial charge in [-0.1, -0.05) is 37.3 Å². The molecule has 2 aromatic carbocycles. The Morgan fingerprint density at radius 3 is 2.58 bits per heavy atom. The fraction of sp³-hybridized carbons (Fsp3) is 0.387. The first-order chi connectivity index (χ1) is 18.6. The van der Waals surface area contributed by atoms with Crippen LogP contribution in [0.3, 0.4) is 0 Å². The summed E-state index contributed by atoms with van der Waals surface area (Å²) in [5, 5.41) is 10.8. The first-order valence-electron chi connectivity index (χ1n) is 13.5. The van der Waals surface area contributed by atoms with E-state index in [-0.39, 0.29) is 24.3 Å². The molecule has 3 heterocycles. The maximum atomic E-state index is 15.2. The second kappa shape index (κ2) is 9.19. The molecule has 0 amide bonds. The second-order valence-corrected chi connectivity index (χ2v) is 10.7. The molecule has 38 heavy (non-hydrogen) atoms. The summed E-state index contributed by atoms with van der Waals surface area (Å²) >= 11 is 0. The standard InChI is InChI=1S/C31H30FN3O3/c1-18-20-10-11-24-28(22(20)12-13-31(18)37-14-15-38-31)34-30(35-29(24)23-7-2-4-8-26(23)32)25-16-19(17-36)33-27-9-5-3-6-21(25)27/h2-9,16,18,20,22,36H,10-15,17H2,1H3. The highest BCUT2D eigenvalue weighted by Gasteiger charge is 2.53. The van der Waals surface area contributed by atoms with E-state index in [4.69, 9.17) is 19.4 Å². The predicted molar refractivity (Wildman–Crippen MR) is 142 cm³/mol. The summed E-state index contributed by atoms with van der Waals surface area (Å²) in [6.45, 7) is 3.35. The Morgan fingerprint density at radius 1 is 0.974 bits per heavy atom. The zero-order valence-corrected chi connectivity index (χ0v) is 21.4. The van der Waals surface area contributed by atoms with E-state index in [1.165, 1.54) is 6.07 Å². The van der Waals surface area contributed by atoms with Gasteiger partial charge < -0.3 is 14.6 Å². The van der Waals surface area contributed by atoms with E-state index < -0.39 is 5.79 Å². The van der Waals surface area contributed by atoms with Crippen LogP contribution in [-0.2, 0) is 22.5 Å². The highest BCUT2D eigenvalue weighted by atomic mass is 19.1. The van der Waals surface area contributed by atoms with E-state index in [0.29, 0.717) is 41.9 Å². The quantitative estimate of drug-likeness (QED) is 0.374. The van der Waals surface area contributed by atoms with Gasteiger partial charge in [-0.05, 0) is 49.4 Å². The summed E-state index contributed by atoms with van der Waals surface area (Å²) < 4.78 is 27.6. The highest BCUT2D eigenvalue weighted by molar-refractivity contribution is 5.93. The highest BCUT2D eigenvalue weighted by Crippen LogP contribution is 2.54.